The monoisotopic (exact) mass is 251 g/mol. The van der Waals surface area contributed by atoms with Gasteiger partial charge in [-0.1, -0.05) is 29.4 Å². The Kier molecular flexibility index (Phi) is 5.13. The van der Waals surface area contributed by atoms with Crippen molar-refractivity contribution in [3.8, 4) is 0 Å². The Morgan fingerprint density at radius 2 is 1.94 bits per heavy atom. The number of nitrogens with two attached hydrogens (primary N) is 2. The third-order valence-electron chi connectivity index (χ3n) is 2.04. The normalized spacial score (nSPS) is 11.4. The second-order valence-electron chi connectivity index (χ2n) is 3.89. The van der Waals surface area contributed by atoms with Crippen LogP contribution in [-0.2, 0) is 16.1 Å². The molecule has 0 aliphatic heterocycles. The Morgan fingerprint density at radius 3 is 2.44 bits per heavy atom. The number of benzene rings is 1. The van der Waals surface area contributed by atoms with E-state index in [9.17, 15) is 4.79 Å². The average Bonchev–Trinajstić information content (AvgIpc) is 2.35. The van der Waals surface area contributed by atoms with Crippen molar-refractivity contribution in [3.05, 3.63) is 35.4 Å². The Morgan fingerprint density at radius 1 is 1.33 bits per heavy atom. The SMILES string of the molecule is CC(C)OC(=O)O/N=C(/N)c1ccc(CN)cc1. The molecule has 0 fully saturated rings. The highest BCUT2D eigenvalue weighted by atomic mass is 16.8. The zero-order valence-electron chi connectivity index (χ0n) is 10.4. The second kappa shape index (κ2) is 6.61. The van der Waals surface area contributed by atoms with Gasteiger partial charge in [-0.25, -0.2) is 4.79 Å². The van der Waals surface area contributed by atoms with E-state index in [4.69, 9.17) is 16.2 Å². The second-order valence-corrected chi connectivity index (χ2v) is 3.89. The van der Waals surface area contributed by atoms with Crippen molar-refractivity contribution in [1.29, 1.82) is 0 Å². The summed E-state index contributed by atoms with van der Waals surface area (Å²) in [5, 5.41) is 3.49. The van der Waals surface area contributed by atoms with Crippen molar-refractivity contribution >= 4 is 12.0 Å². The third kappa shape index (κ3) is 4.42. The Labute approximate surface area is 106 Å². The number of hydrogen-bond donors (Lipinski definition) is 2. The van der Waals surface area contributed by atoms with Crippen LogP contribution < -0.4 is 11.5 Å². The maximum Gasteiger partial charge on any atom is 0.535 e. The summed E-state index contributed by atoms with van der Waals surface area (Å²) in [5.41, 5.74) is 12.7. The highest BCUT2D eigenvalue weighted by molar-refractivity contribution is 5.97. The minimum atomic E-state index is -0.883. The highest BCUT2D eigenvalue weighted by Crippen LogP contribution is 2.04. The molecule has 0 aliphatic rings. The summed E-state index contributed by atoms with van der Waals surface area (Å²) in [7, 11) is 0. The Bertz CT molecular complexity index is 427. The molecule has 6 heteroatoms. The number of ether oxygens (including phenoxy) is 1. The van der Waals surface area contributed by atoms with Gasteiger partial charge in [-0.15, -0.1) is 0 Å². The number of hydrogen-bond acceptors (Lipinski definition) is 5. The molecule has 0 bridgehead atoms. The number of carbonyl (C=O) groups is 1. The first kappa shape index (κ1) is 14.0. The molecule has 0 aliphatic carbocycles. The Hall–Kier alpha value is -2.08. The van der Waals surface area contributed by atoms with Crippen molar-refractivity contribution in [2.24, 2.45) is 16.6 Å². The zero-order valence-corrected chi connectivity index (χ0v) is 10.4. The van der Waals surface area contributed by atoms with E-state index in [2.05, 4.69) is 9.99 Å². The van der Waals surface area contributed by atoms with E-state index < -0.39 is 6.16 Å². The van der Waals surface area contributed by atoms with Crippen molar-refractivity contribution in [2.75, 3.05) is 0 Å². The maximum atomic E-state index is 11.1. The molecule has 18 heavy (non-hydrogen) atoms. The molecule has 0 saturated heterocycles. The fraction of sp³-hybridized carbons (Fsp3) is 0.333. The van der Waals surface area contributed by atoms with Crippen LogP contribution in [0.1, 0.15) is 25.0 Å². The fourth-order valence-electron chi connectivity index (χ4n) is 1.16. The van der Waals surface area contributed by atoms with E-state index in [1.54, 1.807) is 26.0 Å². The summed E-state index contributed by atoms with van der Waals surface area (Å²) in [6.07, 6.45) is -1.15. The molecule has 0 aromatic heterocycles. The lowest BCUT2D eigenvalue weighted by Gasteiger charge is -2.05. The standard InChI is InChI=1S/C12H17N3O3/c1-8(2)17-12(16)18-15-11(14)10-5-3-9(7-13)4-6-10/h3-6,8H,7,13H2,1-2H3,(H2,14,15). The first-order chi connectivity index (χ1) is 8.52. The summed E-state index contributed by atoms with van der Waals surface area (Å²) in [6, 6.07) is 7.14. The van der Waals surface area contributed by atoms with Gasteiger partial charge in [0.05, 0.1) is 6.10 Å². The van der Waals surface area contributed by atoms with Gasteiger partial charge >= 0.3 is 6.16 Å². The summed E-state index contributed by atoms with van der Waals surface area (Å²) >= 11 is 0. The van der Waals surface area contributed by atoms with Gasteiger partial charge in [-0.3, -0.25) is 4.84 Å². The van der Waals surface area contributed by atoms with Gasteiger partial charge in [0.2, 0.25) is 0 Å². The molecule has 0 saturated carbocycles. The largest absolute Gasteiger partial charge is 0.535 e. The van der Waals surface area contributed by atoms with E-state index in [-0.39, 0.29) is 11.9 Å². The van der Waals surface area contributed by atoms with Crippen molar-refractivity contribution in [2.45, 2.75) is 26.5 Å². The lowest BCUT2D eigenvalue weighted by Crippen LogP contribution is -2.17. The van der Waals surface area contributed by atoms with Gasteiger partial charge in [0.25, 0.3) is 0 Å². The molecule has 1 aromatic rings. The number of amidine groups is 1. The maximum absolute atomic E-state index is 11.1. The molecule has 98 valence electrons. The van der Waals surface area contributed by atoms with Crippen molar-refractivity contribution in [1.82, 2.24) is 0 Å². The molecule has 0 spiro atoms. The molecular formula is C12H17N3O3. The van der Waals surface area contributed by atoms with E-state index in [0.717, 1.165) is 5.56 Å². The van der Waals surface area contributed by atoms with Gasteiger partial charge in [-0.2, -0.15) is 0 Å². The smallest absolute Gasteiger partial charge is 0.430 e. The first-order valence-electron chi connectivity index (χ1n) is 5.53. The van der Waals surface area contributed by atoms with E-state index >= 15 is 0 Å². The summed E-state index contributed by atoms with van der Waals surface area (Å²) < 4.78 is 4.73. The first-order valence-corrected chi connectivity index (χ1v) is 5.53. The molecule has 1 aromatic carbocycles. The topological polar surface area (TPSA) is 99.9 Å². The van der Waals surface area contributed by atoms with Crippen LogP contribution >= 0.6 is 0 Å². The quantitative estimate of drug-likeness (QED) is 0.276. The van der Waals surface area contributed by atoms with Gasteiger partial charge in [0, 0.05) is 12.1 Å². The van der Waals surface area contributed by atoms with E-state index in [1.807, 2.05) is 12.1 Å². The van der Waals surface area contributed by atoms with Crippen LogP contribution in [0.2, 0.25) is 0 Å². The van der Waals surface area contributed by atoms with Gasteiger partial charge in [0.15, 0.2) is 5.84 Å². The molecular weight excluding hydrogens is 234 g/mol. The van der Waals surface area contributed by atoms with Crippen molar-refractivity contribution in [3.63, 3.8) is 0 Å². The van der Waals surface area contributed by atoms with Gasteiger partial charge in [0.1, 0.15) is 0 Å². The number of carbonyl (C=O) groups excluding carboxylic acids is 1. The minimum absolute atomic E-state index is 0.0966. The predicted octanol–water partition coefficient (Wildman–Crippen LogP) is 1.33. The van der Waals surface area contributed by atoms with E-state index in [0.29, 0.717) is 12.1 Å². The molecule has 0 heterocycles. The highest BCUT2D eigenvalue weighted by Gasteiger charge is 2.07. The molecule has 0 amide bonds. The number of nitrogens with zero attached hydrogens (tertiary/aromatic N) is 1. The van der Waals surface area contributed by atoms with Crippen molar-refractivity contribution < 1.29 is 14.4 Å². The number of rotatable bonds is 4. The number of oxime groups is 1. The average molecular weight is 251 g/mol. The fourth-order valence-corrected chi connectivity index (χ4v) is 1.16. The molecule has 0 radical (unpaired) electrons. The van der Waals surface area contributed by atoms with Crippen LogP contribution in [0.15, 0.2) is 29.4 Å². The van der Waals surface area contributed by atoms with Crippen LogP contribution in [-0.4, -0.2) is 18.1 Å². The van der Waals surface area contributed by atoms with Crippen LogP contribution in [0, 0.1) is 0 Å². The third-order valence-corrected chi connectivity index (χ3v) is 2.04. The molecule has 4 N–H and O–H groups in total. The lowest BCUT2D eigenvalue weighted by molar-refractivity contribution is 0.0362. The summed E-state index contributed by atoms with van der Waals surface area (Å²) in [4.78, 5) is 15.6. The minimum Gasteiger partial charge on any atom is -0.430 e. The summed E-state index contributed by atoms with van der Waals surface area (Å²) in [6.45, 7) is 3.87. The molecule has 0 unspecified atom stereocenters. The molecule has 1 rings (SSSR count). The van der Waals surface area contributed by atoms with Crippen LogP contribution in [0.4, 0.5) is 4.79 Å². The van der Waals surface area contributed by atoms with Crippen LogP contribution in [0.5, 0.6) is 0 Å². The molecule has 6 nitrogen and oxygen atoms in total. The molecule has 0 atom stereocenters. The van der Waals surface area contributed by atoms with Crippen LogP contribution in [0.25, 0.3) is 0 Å². The van der Waals surface area contributed by atoms with E-state index in [1.165, 1.54) is 0 Å². The van der Waals surface area contributed by atoms with Gasteiger partial charge in [-0.05, 0) is 19.4 Å². The van der Waals surface area contributed by atoms with Gasteiger partial charge < -0.3 is 16.2 Å². The zero-order chi connectivity index (χ0) is 13.5. The predicted molar refractivity (Wildman–Crippen MR) is 67.8 cm³/mol. The Balaban J connectivity index is 2.62. The summed E-state index contributed by atoms with van der Waals surface area (Å²) in [5.74, 6) is 0.0966. The van der Waals surface area contributed by atoms with Crippen LogP contribution in [0.3, 0.4) is 0 Å². The lowest BCUT2D eigenvalue weighted by atomic mass is 10.1.